The highest BCUT2D eigenvalue weighted by Gasteiger charge is 2.64. The average Bonchev–Trinajstić information content (AvgIpc) is 3.18. The van der Waals surface area contributed by atoms with Crippen LogP contribution in [0.4, 0.5) is 5.82 Å². The number of nitrogen functional groups attached to an aromatic ring is 1. The highest BCUT2D eigenvalue weighted by atomic mass is 16.8. The highest BCUT2D eigenvalue weighted by molar-refractivity contribution is 5.65. The first-order chi connectivity index (χ1) is 11.4. The molecular formula is C15H21N5O4. The van der Waals surface area contributed by atoms with Gasteiger partial charge in [-0.3, -0.25) is 5.32 Å². The normalized spacial score (nSPS) is 34.8. The fourth-order valence-electron chi connectivity index (χ4n) is 3.66. The summed E-state index contributed by atoms with van der Waals surface area (Å²) in [5.74, 6) is -0.393. The van der Waals surface area contributed by atoms with Gasteiger partial charge in [-0.15, -0.1) is 0 Å². The van der Waals surface area contributed by atoms with Gasteiger partial charge in [0.1, 0.15) is 30.2 Å². The van der Waals surface area contributed by atoms with E-state index in [4.69, 9.17) is 19.9 Å². The Kier molecular flexibility index (Phi) is 3.35. The Hall–Kier alpha value is -1.78. The molecule has 2 saturated heterocycles. The Morgan fingerprint density at radius 3 is 2.83 bits per heavy atom. The minimum atomic E-state index is -1.03. The van der Waals surface area contributed by atoms with E-state index in [0.717, 1.165) is 0 Å². The van der Waals surface area contributed by atoms with Gasteiger partial charge in [0, 0.05) is 0 Å². The number of fused-ring (bicyclic) bond motifs is 2. The van der Waals surface area contributed by atoms with Gasteiger partial charge in [-0.05, 0) is 33.0 Å². The van der Waals surface area contributed by atoms with Crippen molar-refractivity contribution >= 4 is 11.3 Å². The summed E-state index contributed by atoms with van der Waals surface area (Å²) in [4.78, 5) is 4.01. The zero-order chi connectivity index (χ0) is 17.1. The molecule has 9 nitrogen and oxygen atoms in total. The van der Waals surface area contributed by atoms with Crippen molar-refractivity contribution in [1.29, 1.82) is 0 Å². The molecule has 0 aliphatic carbocycles. The van der Waals surface area contributed by atoms with Gasteiger partial charge in [-0.25, -0.2) is 9.50 Å². The third-order valence-electron chi connectivity index (χ3n) is 4.65. The summed E-state index contributed by atoms with van der Waals surface area (Å²) in [5.41, 5.74) is 6.28. The van der Waals surface area contributed by atoms with E-state index in [1.807, 2.05) is 26.0 Å². The predicted octanol–water partition coefficient (Wildman–Crippen LogP) is -0.405. The molecule has 2 aliphatic rings. The highest BCUT2D eigenvalue weighted by Crippen LogP contribution is 2.47. The van der Waals surface area contributed by atoms with Crippen LogP contribution < -0.4 is 11.1 Å². The number of nitrogens with two attached hydrogens (primary N) is 1. The van der Waals surface area contributed by atoms with E-state index in [0.29, 0.717) is 17.0 Å². The van der Waals surface area contributed by atoms with Crippen molar-refractivity contribution in [3.8, 4) is 0 Å². The maximum absolute atomic E-state index is 9.73. The molecule has 1 unspecified atom stereocenters. The average molecular weight is 335 g/mol. The molecule has 4 atom stereocenters. The van der Waals surface area contributed by atoms with E-state index in [-0.39, 0.29) is 6.61 Å². The van der Waals surface area contributed by atoms with Gasteiger partial charge < -0.3 is 25.1 Å². The van der Waals surface area contributed by atoms with Crippen LogP contribution in [-0.4, -0.2) is 57.5 Å². The lowest BCUT2D eigenvalue weighted by molar-refractivity contribution is -0.222. The lowest BCUT2D eigenvalue weighted by Gasteiger charge is -2.34. The molecule has 2 aromatic heterocycles. The fourth-order valence-corrected chi connectivity index (χ4v) is 3.66. The molecule has 4 N–H and O–H groups in total. The molecule has 0 aromatic carbocycles. The topological polar surface area (TPSA) is 116 Å². The van der Waals surface area contributed by atoms with Crippen molar-refractivity contribution in [2.24, 2.45) is 0 Å². The fraction of sp³-hybridized carbons (Fsp3) is 0.600. The molecule has 2 aromatic rings. The summed E-state index contributed by atoms with van der Waals surface area (Å²) in [6, 6.07) is 3.69. The first-order valence-corrected chi connectivity index (χ1v) is 7.84. The number of likely N-dealkylation sites (N-methyl/N-ethyl adjacent to an activating group) is 1. The molecule has 0 radical (unpaired) electrons. The standard InChI is InChI=1S/C15H21N5O4/c1-14(2)23-11-9(6-21)22-15(17-3,12(11)24-14)10-5-4-8-13(16)18-7-19-20(8)10/h4-5,7,9,11-12,17,21H,6H2,1-3H3,(H2,16,18,19)/t9?,11-,12-,15+/m1/s1. The van der Waals surface area contributed by atoms with E-state index in [1.54, 1.807) is 11.6 Å². The molecule has 24 heavy (non-hydrogen) atoms. The van der Waals surface area contributed by atoms with Crippen LogP contribution in [-0.2, 0) is 19.9 Å². The van der Waals surface area contributed by atoms with Crippen LogP contribution >= 0.6 is 0 Å². The van der Waals surface area contributed by atoms with E-state index in [9.17, 15) is 5.11 Å². The monoisotopic (exact) mass is 335 g/mol. The number of hydrogen-bond acceptors (Lipinski definition) is 8. The summed E-state index contributed by atoms with van der Waals surface area (Å²) < 4.78 is 19.9. The minimum absolute atomic E-state index is 0.176. The van der Waals surface area contributed by atoms with Gasteiger partial charge in [-0.1, -0.05) is 0 Å². The Bertz CT molecular complexity index is 778. The van der Waals surface area contributed by atoms with Gasteiger partial charge >= 0.3 is 0 Å². The van der Waals surface area contributed by atoms with Crippen molar-refractivity contribution in [2.75, 3.05) is 19.4 Å². The Balaban J connectivity index is 1.88. The Morgan fingerprint density at radius 1 is 1.33 bits per heavy atom. The molecule has 4 heterocycles. The molecule has 4 rings (SSSR count). The predicted molar refractivity (Wildman–Crippen MR) is 83.9 cm³/mol. The van der Waals surface area contributed by atoms with Gasteiger partial charge in [0.15, 0.2) is 17.3 Å². The van der Waals surface area contributed by atoms with Crippen molar-refractivity contribution in [3.05, 3.63) is 24.2 Å². The number of nitrogens with zero attached hydrogens (tertiary/aromatic N) is 3. The van der Waals surface area contributed by atoms with Gasteiger partial charge in [0.2, 0.25) is 0 Å². The van der Waals surface area contributed by atoms with Crippen molar-refractivity contribution in [2.45, 2.75) is 43.7 Å². The van der Waals surface area contributed by atoms with Crippen LogP contribution in [0.15, 0.2) is 18.5 Å². The lowest BCUT2D eigenvalue weighted by atomic mass is 10.00. The summed E-state index contributed by atoms with van der Waals surface area (Å²) in [6.07, 6.45) is 0.0151. The number of rotatable bonds is 3. The van der Waals surface area contributed by atoms with Crippen LogP contribution in [0.25, 0.3) is 5.52 Å². The number of ether oxygens (including phenoxy) is 3. The van der Waals surface area contributed by atoms with Gasteiger partial charge in [0.25, 0.3) is 0 Å². The number of nitrogens with one attached hydrogen (secondary N) is 1. The summed E-state index contributed by atoms with van der Waals surface area (Å²) >= 11 is 0. The Labute approximate surface area is 138 Å². The molecule has 2 aliphatic heterocycles. The molecule has 0 spiro atoms. The number of aromatic nitrogens is 3. The lowest BCUT2D eigenvalue weighted by Crippen LogP contribution is -2.51. The number of aliphatic hydroxyl groups is 1. The largest absolute Gasteiger partial charge is 0.394 e. The number of anilines is 1. The smallest absolute Gasteiger partial charge is 0.191 e. The second-order valence-electron chi connectivity index (χ2n) is 6.51. The number of aliphatic hydroxyl groups excluding tert-OH is 1. The molecular weight excluding hydrogens is 314 g/mol. The number of hydrogen-bond donors (Lipinski definition) is 3. The summed E-state index contributed by atoms with van der Waals surface area (Å²) in [5, 5.41) is 17.2. The zero-order valence-corrected chi connectivity index (χ0v) is 13.8. The summed E-state index contributed by atoms with van der Waals surface area (Å²) in [7, 11) is 1.77. The molecule has 0 saturated carbocycles. The van der Waals surface area contributed by atoms with E-state index < -0.39 is 29.8 Å². The molecule has 0 bridgehead atoms. The third-order valence-corrected chi connectivity index (χ3v) is 4.65. The van der Waals surface area contributed by atoms with Crippen LogP contribution in [0.3, 0.4) is 0 Å². The van der Waals surface area contributed by atoms with Crippen LogP contribution in [0.1, 0.15) is 19.5 Å². The second kappa shape index (κ2) is 5.11. The minimum Gasteiger partial charge on any atom is -0.394 e. The maximum Gasteiger partial charge on any atom is 0.191 e. The van der Waals surface area contributed by atoms with Crippen molar-refractivity contribution in [1.82, 2.24) is 19.9 Å². The SMILES string of the molecule is CN[C@@]1(c2ccc3c(N)ncnn23)OC(CO)[C@H]2OC(C)(C)O[C@H]21. The van der Waals surface area contributed by atoms with Crippen molar-refractivity contribution in [3.63, 3.8) is 0 Å². The van der Waals surface area contributed by atoms with Crippen LogP contribution in [0, 0.1) is 0 Å². The first kappa shape index (κ1) is 15.7. The van der Waals surface area contributed by atoms with Crippen molar-refractivity contribution < 1.29 is 19.3 Å². The molecule has 0 amide bonds. The summed E-state index contributed by atoms with van der Waals surface area (Å²) in [6.45, 7) is 3.51. The molecule has 130 valence electrons. The third kappa shape index (κ3) is 1.99. The first-order valence-electron chi connectivity index (χ1n) is 7.84. The quantitative estimate of drug-likeness (QED) is 0.693. The van der Waals surface area contributed by atoms with E-state index in [2.05, 4.69) is 15.4 Å². The molecule has 2 fully saturated rings. The second-order valence-corrected chi connectivity index (χ2v) is 6.51. The van der Waals surface area contributed by atoms with Gasteiger partial charge in [-0.2, -0.15) is 5.10 Å². The van der Waals surface area contributed by atoms with Crippen LogP contribution in [0.2, 0.25) is 0 Å². The Morgan fingerprint density at radius 2 is 2.12 bits per heavy atom. The zero-order valence-electron chi connectivity index (χ0n) is 13.8. The van der Waals surface area contributed by atoms with Crippen LogP contribution in [0.5, 0.6) is 0 Å². The van der Waals surface area contributed by atoms with E-state index >= 15 is 0 Å². The molecule has 9 heteroatoms. The van der Waals surface area contributed by atoms with E-state index in [1.165, 1.54) is 6.33 Å². The van der Waals surface area contributed by atoms with Gasteiger partial charge in [0.05, 0.1) is 12.3 Å². The maximum atomic E-state index is 9.73.